The number of hydrogen-bond acceptors (Lipinski definition) is 4. The number of ether oxygens (including phenoxy) is 1. The largest absolute Gasteiger partial charge is 0.497 e. The minimum atomic E-state index is -0.325. The van der Waals surface area contributed by atoms with Gasteiger partial charge in [0.25, 0.3) is 0 Å². The highest BCUT2D eigenvalue weighted by atomic mass is 16.5. The van der Waals surface area contributed by atoms with Crippen LogP contribution in [0.25, 0.3) is 0 Å². The lowest BCUT2D eigenvalue weighted by atomic mass is 9.97. The number of carbonyl (C=O) groups excluding carboxylic acids is 3. The van der Waals surface area contributed by atoms with Crippen molar-refractivity contribution < 1.29 is 19.1 Å². The predicted molar refractivity (Wildman–Crippen MR) is 119 cm³/mol. The van der Waals surface area contributed by atoms with E-state index in [1.165, 1.54) is 4.90 Å². The second-order valence-electron chi connectivity index (χ2n) is 7.55. The highest BCUT2D eigenvalue weighted by Gasteiger charge is 2.30. The van der Waals surface area contributed by atoms with E-state index in [0.29, 0.717) is 36.6 Å². The zero-order chi connectivity index (χ0) is 22.2. The van der Waals surface area contributed by atoms with Crippen LogP contribution in [-0.2, 0) is 9.59 Å². The van der Waals surface area contributed by atoms with Gasteiger partial charge in [-0.05, 0) is 49.2 Å². The summed E-state index contributed by atoms with van der Waals surface area (Å²) >= 11 is 0. The predicted octanol–water partition coefficient (Wildman–Crippen LogP) is 3.04. The first-order valence-corrected chi connectivity index (χ1v) is 10.3. The molecule has 1 atom stereocenters. The van der Waals surface area contributed by atoms with Crippen molar-refractivity contribution >= 4 is 29.2 Å². The van der Waals surface area contributed by atoms with Gasteiger partial charge in [-0.25, -0.2) is 4.79 Å². The number of rotatable bonds is 6. The number of piperidine rings is 1. The maximum atomic E-state index is 12.9. The average molecular weight is 425 g/mol. The fourth-order valence-corrected chi connectivity index (χ4v) is 3.57. The lowest BCUT2D eigenvalue weighted by molar-refractivity contribution is -0.138. The maximum absolute atomic E-state index is 12.9. The Morgan fingerprint density at radius 2 is 1.71 bits per heavy atom. The molecule has 1 aliphatic heterocycles. The van der Waals surface area contributed by atoms with Crippen molar-refractivity contribution in [2.24, 2.45) is 5.92 Å². The van der Waals surface area contributed by atoms with E-state index in [0.717, 1.165) is 6.42 Å². The number of urea groups is 1. The summed E-state index contributed by atoms with van der Waals surface area (Å²) in [6, 6.07) is 16.0. The molecule has 8 heteroatoms. The van der Waals surface area contributed by atoms with Crippen LogP contribution in [0.3, 0.4) is 0 Å². The van der Waals surface area contributed by atoms with Crippen molar-refractivity contribution in [1.29, 1.82) is 0 Å². The van der Waals surface area contributed by atoms with E-state index in [2.05, 4.69) is 10.6 Å². The maximum Gasteiger partial charge on any atom is 0.321 e. The van der Waals surface area contributed by atoms with Crippen LogP contribution in [0.5, 0.6) is 5.75 Å². The highest BCUT2D eigenvalue weighted by Crippen LogP contribution is 2.20. The summed E-state index contributed by atoms with van der Waals surface area (Å²) in [4.78, 5) is 40.8. The van der Waals surface area contributed by atoms with E-state index in [9.17, 15) is 14.4 Å². The topological polar surface area (TPSA) is 91.0 Å². The van der Waals surface area contributed by atoms with Crippen molar-refractivity contribution in [2.45, 2.75) is 12.8 Å². The Morgan fingerprint density at radius 3 is 2.39 bits per heavy atom. The number of anilines is 2. The van der Waals surface area contributed by atoms with E-state index >= 15 is 0 Å². The number of para-hydroxylation sites is 1. The molecule has 2 N–H and O–H groups in total. The van der Waals surface area contributed by atoms with E-state index in [4.69, 9.17) is 4.74 Å². The number of amides is 4. The Labute approximate surface area is 182 Å². The van der Waals surface area contributed by atoms with Crippen LogP contribution in [0.15, 0.2) is 54.6 Å². The van der Waals surface area contributed by atoms with Gasteiger partial charge in [-0.3, -0.25) is 9.59 Å². The third-order valence-electron chi connectivity index (χ3n) is 5.21. The van der Waals surface area contributed by atoms with Crippen LogP contribution >= 0.6 is 0 Å². The summed E-state index contributed by atoms with van der Waals surface area (Å²) in [5.41, 5.74) is 1.35. The standard InChI is InChI=1S/C23H28N4O4/c1-26(16-21(28)24-19-10-12-20(31-2)13-11-19)22(29)17-7-6-14-27(15-17)23(30)25-18-8-4-3-5-9-18/h3-5,8-13,17H,6-7,14-16H2,1-2H3,(H,24,28)(H,25,30)/t17-/m0/s1. The molecule has 3 rings (SSSR count). The summed E-state index contributed by atoms with van der Waals surface area (Å²) < 4.78 is 5.10. The van der Waals surface area contributed by atoms with Crippen LogP contribution < -0.4 is 15.4 Å². The Morgan fingerprint density at radius 1 is 1.03 bits per heavy atom. The highest BCUT2D eigenvalue weighted by molar-refractivity contribution is 5.95. The average Bonchev–Trinajstić information content (AvgIpc) is 2.79. The third-order valence-corrected chi connectivity index (χ3v) is 5.21. The van der Waals surface area contributed by atoms with Crippen LogP contribution in [0.1, 0.15) is 12.8 Å². The van der Waals surface area contributed by atoms with Crippen LogP contribution in [0.4, 0.5) is 16.2 Å². The first kappa shape index (κ1) is 22.1. The molecule has 0 aliphatic carbocycles. The Bertz CT molecular complexity index is 902. The van der Waals surface area contributed by atoms with Crippen molar-refractivity contribution in [3.05, 3.63) is 54.6 Å². The van der Waals surface area contributed by atoms with E-state index in [1.807, 2.05) is 30.3 Å². The van der Waals surface area contributed by atoms with Gasteiger partial charge in [0.1, 0.15) is 5.75 Å². The normalized spacial score (nSPS) is 15.7. The SMILES string of the molecule is COc1ccc(NC(=O)CN(C)C(=O)[C@H]2CCCN(C(=O)Nc3ccccc3)C2)cc1. The molecule has 0 unspecified atom stereocenters. The quantitative estimate of drug-likeness (QED) is 0.746. The van der Waals surface area contributed by atoms with Gasteiger partial charge in [0.05, 0.1) is 19.6 Å². The summed E-state index contributed by atoms with van der Waals surface area (Å²) in [7, 11) is 3.19. The number of nitrogens with zero attached hydrogens (tertiary/aromatic N) is 2. The van der Waals surface area contributed by atoms with Gasteiger partial charge in [0.15, 0.2) is 0 Å². The van der Waals surface area contributed by atoms with Gasteiger partial charge in [-0.1, -0.05) is 18.2 Å². The summed E-state index contributed by atoms with van der Waals surface area (Å²) in [5.74, 6) is -0.0462. The first-order valence-electron chi connectivity index (χ1n) is 10.3. The molecule has 4 amide bonds. The van der Waals surface area contributed by atoms with Gasteiger partial charge in [0, 0.05) is 31.5 Å². The molecule has 1 heterocycles. The van der Waals surface area contributed by atoms with E-state index in [1.54, 1.807) is 43.3 Å². The zero-order valence-electron chi connectivity index (χ0n) is 17.8. The van der Waals surface area contributed by atoms with Crippen LogP contribution in [0.2, 0.25) is 0 Å². The van der Waals surface area contributed by atoms with E-state index in [-0.39, 0.29) is 30.3 Å². The smallest absolute Gasteiger partial charge is 0.321 e. The van der Waals surface area contributed by atoms with E-state index < -0.39 is 0 Å². The second kappa shape index (κ2) is 10.5. The molecule has 8 nitrogen and oxygen atoms in total. The number of benzene rings is 2. The molecule has 0 saturated carbocycles. The Hall–Kier alpha value is -3.55. The third kappa shape index (κ3) is 6.21. The molecule has 0 spiro atoms. The minimum Gasteiger partial charge on any atom is -0.497 e. The fraction of sp³-hybridized carbons (Fsp3) is 0.348. The molecular formula is C23H28N4O4. The van der Waals surface area contributed by atoms with Crippen molar-refractivity contribution in [3.8, 4) is 5.75 Å². The number of likely N-dealkylation sites (N-methyl/N-ethyl adjacent to an activating group) is 1. The lowest BCUT2D eigenvalue weighted by Gasteiger charge is -2.33. The number of carbonyl (C=O) groups is 3. The summed E-state index contributed by atoms with van der Waals surface area (Å²) in [5, 5.41) is 5.63. The van der Waals surface area contributed by atoms with Crippen LogP contribution in [0, 0.1) is 5.92 Å². The monoisotopic (exact) mass is 424 g/mol. The van der Waals surface area contributed by atoms with Crippen molar-refractivity contribution in [1.82, 2.24) is 9.80 Å². The summed E-state index contributed by atoms with van der Waals surface area (Å²) in [6.45, 7) is 0.879. The molecule has 164 valence electrons. The van der Waals surface area contributed by atoms with Gasteiger partial charge in [-0.2, -0.15) is 0 Å². The Kier molecular flexibility index (Phi) is 7.48. The minimum absolute atomic E-state index is 0.0580. The molecular weight excluding hydrogens is 396 g/mol. The number of nitrogens with one attached hydrogen (secondary N) is 2. The zero-order valence-corrected chi connectivity index (χ0v) is 17.8. The van der Waals surface area contributed by atoms with Crippen LogP contribution in [-0.4, -0.2) is 61.4 Å². The van der Waals surface area contributed by atoms with Gasteiger partial charge in [0.2, 0.25) is 11.8 Å². The molecule has 0 bridgehead atoms. The number of likely N-dealkylation sites (tertiary alicyclic amines) is 1. The lowest BCUT2D eigenvalue weighted by Crippen LogP contribution is -2.48. The molecule has 1 fully saturated rings. The number of hydrogen-bond donors (Lipinski definition) is 2. The second-order valence-corrected chi connectivity index (χ2v) is 7.55. The van der Waals surface area contributed by atoms with Gasteiger partial charge < -0.3 is 25.2 Å². The Balaban J connectivity index is 1.50. The first-order chi connectivity index (χ1) is 15.0. The summed E-state index contributed by atoms with van der Waals surface area (Å²) in [6.07, 6.45) is 1.43. The molecule has 1 aliphatic rings. The molecule has 0 aromatic heterocycles. The van der Waals surface area contributed by atoms with Gasteiger partial charge in [-0.15, -0.1) is 0 Å². The fourth-order valence-electron chi connectivity index (χ4n) is 3.57. The molecule has 2 aromatic rings. The molecule has 31 heavy (non-hydrogen) atoms. The van der Waals surface area contributed by atoms with Gasteiger partial charge >= 0.3 is 6.03 Å². The van der Waals surface area contributed by atoms with Crippen molar-refractivity contribution in [2.75, 3.05) is 44.4 Å². The molecule has 0 radical (unpaired) electrons. The number of methoxy groups -OCH3 is 1. The molecule has 2 aromatic carbocycles. The molecule has 1 saturated heterocycles. The van der Waals surface area contributed by atoms with Crippen molar-refractivity contribution in [3.63, 3.8) is 0 Å².